The van der Waals surface area contributed by atoms with Crippen molar-refractivity contribution in [1.29, 1.82) is 0 Å². The van der Waals surface area contributed by atoms with Gasteiger partial charge in [0.05, 0.1) is 11.0 Å². The number of benzene rings is 5. The number of fused-ring (bicyclic) bond motifs is 6. The number of para-hydroxylation sites is 1. The van der Waals surface area contributed by atoms with Crippen molar-refractivity contribution in [3.63, 3.8) is 0 Å². The molecule has 0 saturated heterocycles. The van der Waals surface area contributed by atoms with E-state index < -0.39 is 0 Å². The van der Waals surface area contributed by atoms with E-state index in [2.05, 4.69) is 122 Å². The molecule has 7 rings (SSSR count). The minimum Gasteiger partial charge on any atom is -0.309 e. The molecular formula is C34H27NS. The van der Waals surface area contributed by atoms with Crippen LogP contribution in [0.25, 0.3) is 47.7 Å². The number of rotatable bonds is 4. The molecule has 2 heteroatoms. The van der Waals surface area contributed by atoms with E-state index in [-0.39, 0.29) is 0 Å². The summed E-state index contributed by atoms with van der Waals surface area (Å²) in [5.41, 5.74) is 9.18. The van der Waals surface area contributed by atoms with Crippen molar-refractivity contribution in [2.75, 3.05) is 0 Å². The lowest BCUT2D eigenvalue weighted by molar-refractivity contribution is 0.963. The Morgan fingerprint density at radius 2 is 1.08 bits per heavy atom. The van der Waals surface area contributed by atoms with Crippen LogP contribution < -0.4 is 0 Å². The van der Waals surface area contributed by atoms with Crippen LogP contribution in [0.1, 0.15) is 22.3 Å². The molecular weight excluding hydrogens is 454 g/mol. The molecule has 2 aromatic heterocycles. The number of thiophene rings is 1. The molecule has 7 aromatic rings. The third-order valence-electron chi connectivity index (χ3n) is 7.40. The SMILES string of the molecule is Cc1ccc2c(c1)sc1cc(CCc3ccc4c5ccc(C)cc5n(-c5ccccc5)c4c3)ccc12. The fourth-order valence-electron chi connectivity index (χ4n) is 5.56. The molecule has 0 atom stereocenters. The molecule has 0 radical (unpaired) electrons. The largest absolute Gasteiger partial charge is 0.309 e. The second-order valence-electron chi connectivity index (χ2n) is 9.98. The maximum absolute atomic E-state index is 2.42. The Morgan fingerprint density at radius 1 is 0.528 bits per heavy atom. The highest BCUT2D eigenvalue weighted by Gasteiger charge is 2.13. The van der Waals surface area contributed by atoms with Crippen molar-refractivity contribution in [1.82, 2.24) is 4.57 Å². The van der Waals surface area contributed by atoms with Gasteiger partial charge in [-0.05, 0) is 85.3 Å². The summed E-state index contributed by atoms with van der Waals surface area (Å²) in [6.07, 6.45) is 2.07. The highest BCUT2D eigenvalue weighted by Crippen LogP contribution is 2.36. The number of nitrogens with zero attached hydrogens (tertiary/aromatic N) is 1. The molecule has 0 unspecified atom stereocenters. The molecule has 0 N–H and O–H groups in total. The van der Waals surface area contributed by atoms with Gasteiger partial charge < -0.3 is 4.57 Å². The maximum atomic E-state index is 2.42. The first kappa shape index (κ1) is 21.4. The van der Waals surface area contributed by atoms with Crippen LogP contribution in [0.15, 0.2) is 103 Å². The standard InChI is InChI=1S/C34H27NS/c1-22-8-14-27-28-16-12-24(20-32(28)35(31(27)18-22)26-6-4-3-5-7-26)10-11-25-13-17-30-29-15-9-23(2)19-33(29)36-34(30)21-25/h3-9,12-21H,10-11H2,1-2H3. The third kappa shape index (κ3) is 3.53. The van der Waals surface area contributed by atoms with Crippen LogP contribution in [-0.4, -0.2) is 4.57 Å². The number of aromatic nitrogens is 1. The predicted octanol–water partition coefficient (Wildman–Crippen LogP) is 9.55. The van der Waals surface area contributed by atoms with Gasteiger partial charge in [-0.2, -0.15) is 0 Å². The minimum atomic E-state index is 1.03. The average Bonchev–Trinajstić information content (AvgIpc) is 3.41. The Bertz CT molecular complexity index is 1900. The van der Waals surface area contributed by atoms with Crippen LogP contribution >= 0.6 is 11.3 Å². The molecule has 0 amide bonds. The molecule has 0 aliphatic rings. The number of hydrogen-bond acceptors (Lipinski definition) is 1. The summed E-state index contributed by atoms with van der Waals surface area (Å²) in [4.78, 5) is 0. The summed E-state index contributed by atoms with van der Waals surface area (Å²) in [5, 5.41) is 5.39. The van der Waals surface area contributed by atoms with E-state index in [1.54, 1.807) is 0 Å². The van der Waals surface area contributed by atoms with E-state index in [4.69, 9.17) is 0 Å². The molecule has 0 aliphatic carbocycles. The van der Waals surface area contributed by atoms with E-state index in [0.29, 0.717) is 0 Å². The van der Waals surface area contributed by atoms with Gasteiger partial charge in [0.25, 0.3) is 0 Å². The topological polar surface area (TPSA) is 4.93 Å². The molecule has 0 fully saturated rings. The Balaban J connectivity index is 1.27. The molecule has 174 valence electrons. The molecule has 1 nitrogen and oxygen atoms in total. The molecule has 0 saturated carbocycles. The van der Waals surface area contributed by atoms with Crippen molar-refractivity contribution in [3.8, 4) is 5.69 Å². The third-order valence-corrected chi connectivity index (χ3v) is 8.51. The first-order valence-electron chi connectivity index (χ1n) is 12.6. The summed E-state index contributed by atoms with van der Waals surface area (Å²) in [7, 11) is 0. The highest BCUT2D eigenvalue weighted by atomic mass is 32.1. The van der Waals surface area contributed by atoms with E-state index >= 15 is 0 Å². The highest BCUT2D eigenvalue weighted by molar-refractivity contribution is 7.25. The lowest BCUT2D eigenvalue weighted by atomic mass is 10.0. The fourth-order valence-corrected chi connectivity index (χ4v) is 6.83. The van der Waals surface area contributed by atoms with Crippen molar-refractivity contribution in [3.05, 3.63) is 125 Å². The smallest absolute Gasteiger partial charge is 0.0543 e. The maximum Gasteiger partial charge on any atom is 0.0543 e. The molecule has 0 bridgehead atoms. The zero-order valence-electron chi connectivity index (χ0n) is 20.6. The van der Waals surface area contributed by atoms with Crippen molar-refractivity contribution >= 4 is 53.3 Å². The Morgan fingerprint density at radius 3 is 1.83 bits per heavy atom. The molecule has 2 heterocycles. The summed E-state index contributed by atoms with van der Waals surface area (Å²) in [6, 6.07) is 38.4. The first-order valence-corrected chi connectivity index (χ1v) is 13.5. The minimum absolute atomic E-state index is 1.03. The normalized spacial score (nSPS) is 11.8. The number of hydrogen-bond donors (Lipinski definition) is 0. The van der Waals surface area contributed by atoms with Gasteiger partial charge in [-0.3, -0.25) is 0 Å². The summed E-state index contributed by atoms with van der Waals surface area (Å²) >= 11 is 1.91. The fraction of sp³-hybridized carbons (Fsp3) is 0.118. The van der Waals surface area contributed by atoms with E-state index in [1.807, 2.05) is 11.3 Å². The van der Waals surface area contributed by atoms with Gasteiger partial charge in [0, 0.05) is 36.6 Å². The van der Waals surface area contributed by atoms with Crippen LogP contribution in [0.2, 0.25) is 0 Å². The number of aryl methyl sites for hydroxylation is 4. The monoisotopic (exact) mass is 481 g/mol. The molecule has 0 spiro atoms. The lowest BCUT2D eigenvalue weighted by Gasteiger charge is -2.09. The zero-order valence-corrected chi connectivity index (χ0v) is 21.4. The van der Waals surface area contributed by atoms with Crippen LogP contribution in [0, 0.1) is 13.8 Å². The van der Waals surface area contributed by atoms with Crippen LogP contribution in [-0.2, 0) is 12.8 Å². The lowest BCUT2D eigenvalue weighted by Crippen LogP contribution is -1.95. The molecule has 0 aliphatic heterocycles. The van der Waals surface area contributed by atoms with E-state index in [1.165, 1.54) is 69.9 Å². The predicted molar refractivity (Wildman–Crippen MR) is 157 cm³/mol. The molecule has 5 aromatic carbocycles. The first-order chi connectivity index (χ1) is 17.6. The van der Waals surface area contributed by atoms with Gasteiger partial charge in [-0.1, -0.05) is 66.7 Å². The second kappa shape index (κ2) is 8.36. The van der Waals surface area contributed by atoms with Gasteiger partial charge in [0.2, 0.25) is 0 Å². The summed E-state index contributed by atoms with van der Waals surface area (Å²) < 4.78 is 5.20. The Kier molecular flexibility index (Phi) is 4.97. The molecule has 36 heavy (non-hydrogen) atoms. The Hall–Kier alpha value is -3.88. The van der Waals surface area contributed by atoms with Crippen molar-refractivity contribution in [2.24, 2.45) is 0 Å². The summed E-state index contributed by atoms with van der Waals surface area (Å²) in [5.74, 6) is 0. The van der Waals surface area contributed by atoms with E-state index in [9.17, 15) is 0 Å². The van der Waals surface area contributed by atoms with Gasteiger partial charge in [0.1, 0.15) is 0 Å². The van der Waals surface area contributed by atoms with Crippen LogP contribution in [0.3, 0.4) is 0 Å². The van der Waals surface area contributed by atoms with Gasteiger partial charge in [-0.25, -0.2) is 0 Å². The van der Waals surface area contributed by atoms with Crippen molar-refractivity contribution < 1.29 is 0 Å². The van der Waals surface area contributed by atoms with Gasteiger partial charge in [0.15, 0.2) is 0 Å². The summed E-state index contributed by atoms with van der Waals surface area (Å²) in [6.45, 7) is 4.34. The Labute approximate surface area is 215 Å². The van der Waals surface area contributed by atoms with E-state index in [0.717, 1.165) is 12.8 Å². The van der Waals surface area contributed by atoms with Crippen LogP contribution in [0.5, 0.6) is 0 Å². The second-order valence-corrected chi connectivity index (χ2v) is 11.1. The zero-order chi connectivity index (χ0) is 24.2. The van der Waals surface area contributed by atoms with Crippen molar-refractivity contribution in [2.45, 2.75) is 26.7 Å². The van der Waals surface area contributed by atoms with Gasteiger partial charge >= 0.3 is 0 Å². The van der Waals surface area contributed by atoms with Crippen LogP contribution in [0.4, 0.5) is 0 Å². The van der Waals surface area contributed by atoms with Gasteiger partial charge in [-0.15, -0.1) is 11.3 Å². The average molecular weight is 482 g/mol. The quantitative estimate of drug-likeness (QED) is 0.236.